The van der Waals surface area contributed by atoms with Gasteiger partial charge in [0.25, 0.3) is 5.91 Å². The fraction of sp³-hybridized carbons (Fsp3) is 0.417. The normalized spacial score (nSPS) is 14.6. The fourth-order valence-corrected chi connectivity index (χ4v) is 3.90. The Morgan fingerprint density at radius 2 is 1.88 bits per heavy atom. The van der Waals surface area contributed by atoms with Crippen molar-refractivity contribution in [2.75, 3.05) is 5.73 Å². The van der Waals surface area contributed by atoms with Gasteiger partial charge in [0.1, 0.15) is 28.6 Å². The molecule has 32 heavy (non-hydrogen) atoms. The van der Waals surface area contributed by atoms with Gasteiger partial charge in [-0.3, -0.25) is 9.59 Å². The summed E-state index contributed by atoms with van der Waals surface area (Å²) in [5.41, 5.74) is 15.1. The predicted molar refractivity (Wildman–Crippen MR) is 121 cm³/mol. The van der Waals surface area contributed by atoms with Gasteiger partial charge in [0, 0.05) is 24.1 Å². The van der Waals surface area contributed by atoms with E-state index in [2.05, 4.69) is 17.2 Å². The third-order valence-electron chi connectivity index (χ3n) is 6.00. The number of nitrogen functional groups attached to an aromatic ring is 1. The molecule has 0 bridgehead atoms. The Balaban J connectivity index is 1.43. The van der Waals surface area contributed by atoms with E-state index in [9.17, 15) is 9.59 Å². The lowest BCUT2D eigenvalue weighted by Crippen LogP contribution is -2.15. The Morgan fingerprint density at radius 3 is 2.47 bits per heavy atom. The summed E-state index contributed by atoms with van der Waals surface area (Å²) in [6.45, 7) is 6.09. The molecule has 1 aromatic carbocycles. The molecule has 1 aliphatic carbocycles. The lowest BCUT2D eigenvalue weighted by atomic mass is 10.0. The molecule has 0 spiro atoms. The molecule has 0 aliphatic heterocycles. The van der Waals surface area contributed by atoms with E-state index < -0.39 is 5.91 Å². The quantitative estimate of drug-likeness (QED) is 0.529. The number of hydrogen-bond acceptors (Lipinski definition) is 6. The van der Waals surface area contributed by atoms with Crippen LogP contribution in [0.3, 0.4) is 0 Å². The highest BCUT2D eigenvalue weighted by molar-refractivity contribution is 6.03. The van der Waals surface area contributed by atoms with E-state index in [1.807, 2.05) is 44.2 Å². The van der Waals surface area contributed by atoms with Gasteiger partial charge in [-0.25, -0.2) is 4.68 Å². The second-order valence-corrected chi connectivity index (χ2v) is 9.37. The first kappa shape index (κ1) is 21.8. The van der Waals surface area contributed by atoms with Crippen molar-refractivity contribution in [1.29, 1.82) is 0 Å². The van der Waals surface area contributed by atoms with Gasteiger partial charge in [0.05, 0.1) is 12.1 Å². The molecule has 1 saturated carbocycles. The first-order chi connectivity index (χ1) is 15.1. The minimum absolute atomic E-state index is 0.0116. The van der Waals surface area contributed by atoms with Gasteiger partial charge in [0.2, 0.25) is 0 Å². The first-order valence-corrected chi connectivity index (χ1v) is 10.9. The van der Waals surface area contributed by atoms with Crippen LogP contribution in [0.5, 0.6) is 0 Å². The summed E-state index contributed by atoms with van der Waals surface area (Å²) in [6, 6.07) is 9.23. The largest absolute Gasteiger partial charge is 0.383 e. The van der Waals surface area contributed by atoms with Gasteiger partial charge in [-0.2, -0.15) is 5.10 Å². The zero-order valence-corrected chi connectivity index (χ0v) is 18.7. The molecule has 4 N–H and O–H groups in total. The highest BCUT2D eigenvalue weighted by Crippen LogP contribution is 2.47. The Bertz CT molecular complexity index is 1150. The summed E-state index contributed by atoms with van der Waals surface area (Å²) < 4.78 is 6.94. The van der Waals surface area contributed by atoms with E-state index in [-0.39, 0.29) is 36.0 Å². The van der Waals surface area contributed by atoms with Crippen LogP contribution in [-0.4, -0.2) is 26.6 Å². The number of benzene rings is 1. The van der Waals surface area contributed by atoms with Crippen molar-refractivity contribution in [1.82, 2.24) is 14.9 Å². The van der Waals surface area contributed by atoms with Crippen molar-refractivity contribution in [2.24, 2.45) is 11.1 Å². The first-order valence-electron chi connectivity index (χ1n) is 10.9. The second kappa shape index (κ2) is 8.26. The number of Topliss-reactive ketones (excluding diaryl/α,β-unsaturated/α-hetero) is 1. The van der Waals surface area contributed by atoms with E-state index in [0.29, 0.717) is 16.9 Å². The topological polar surface area (TPSA) is 130 Å². The van der Waals surface area contributed by atoms with Crippen LogP contribution < -0.4 is 11.5 Å². The molecule has 1 fully saturated rings. The molecule has 2 heterocycles. The Kier molecular flexibility index (Phi) is 5.62. The van der Waals surface area contributed by atoms with Crippen LogP contribution in [0.4, 0.5) is 5.82 Å². The number of carbonyl (C=O) groups excluding carboxylic acids is 2. The number of nitrogens with two attached hydrogens (primary N) is 2. The van der Waals surface area contributed by atoms with Gasteiger partial charge in [-0.1, -0.05) is 36.3 Å². The van der Waals surface area contributed by atoms with Gasteiger partial charge < -0.3 is 16.0 Å². The van der Waals surface area contributed by atoms with E-state index in [0.717, 1.165) is 23.2 Å². The van der Waals surface area contributed by atoms with Crippen molar-refractivity contribution in [2.45, 2.75) is 58.9 Å². The Morgan fingerprint density at radius 1 is 1.19 bits per heavy atom. The van der Waals surface area contributed by atoms with Crippen molar-refractivity contribution < 1.29 is 14.1 Å². The predicted octanol–water partition coefficient (Wildman–Crippen LogP) is 3.50. The molecule has 2 aromatic heterocycles. The maximum Gasteiger partial charge on any atom is 0.254 e. The average Bonchev–Trinajstić information content (AvgIpc) is 3.12. The van der Waals surface area contributed by atoms with E-state index >= 15 is 0 Å². The Labute approximate surface area is 186 Å². The van der Waals surface area contributed by atoms with Crippen LogP contribution in [0, 0.1) is 5.41 Å². The van der Waals surface area contributed by atoms with Crippen LogP contribution >= 0.6 is 0 Å². The summed E-state index contributed by atoms with van der Waals surface area (Å²) >= 11 is 0. The van der Waals surface area contributed by atoms with Gasteiger partial charge in [-0.05, 0) is 44.1 Å². The Hall–Kier alpha value is -3.42. The number of amides is 1. The number of rotatable bonds is 9. The van der Waals surface area contributed by atoms with Crippen LogP contribution in [0.25, 0.3) is 11.3 Å². The number of primary amides is 1. The van der Waals surface area contributed by atoms with Crippen LogP contribution in [0.1, 0.15) is 67.0 Å². The maximum absolute atomic E-state index is 12.5. The molecule has 0 atom stereocenters. The highest BCUT2D eigenvalue weighted by atomic mass is 16.5. The van der Waals surface area contributed by atoms with Gasteiger partial charge in [-0.15, -0.1) is 0 Å². The monoisotopic (exact) mass is 435 g/mol. The molecular formula is C24H29N5O3. The number of hydrogen-bond donors (Lipinski definition) is 2. The number of carbonyl (C=O) groups is 2. The minimum atomic E-state index is -0.620. The van der Waals surface area contributed by atoms with Crippen LogP contribution in [-0.2, 0) is 24.1 Å². The minimum Gasteiger partial charge on any atom is -0.383 e. The number of anilines is 1. The standard InChI is InChI=1S/C24H29N5O3/c1-14(2)29-22(25)20(23(26)31)21(27-29)16-6-4-15(5-7-16)10-18(30)12-19-11-17(28-32-19)13-24(3)8-9-24/h4-7,11,14H,8-10,12-13,25H2,1-3H3,(H2,26,31). The smallest absolute Gasteiger partial charge is 0.254 e. The van der Waals surface area contributed by atoms with E-state index in [4.69, 9.17) is 16.0 Å². The zero-order valence-electron chi connectivity index (χ0n) is 18.7. The zero-order chi connectivity index (χ0) is 23.0. The molecule has 4 rings (SSSR count). The SMILES string of the molecule is CC(C)n1nc(-c2ccc(CC(=O)Cc3cc(CC4(C)CC4)no3)cc2)c(C(N)=O)c1N. The molecule has 8 nitrogen and oxygen atoms in total. The molecule has 3 aromatic rings. The lowest BCUT2D eigenvalue weighted by molar-refractivity contribution is -0.118. The summed E-state index contributed by atoms with van der Waals surface area (Å²) in [7, 11) is 0. The molecule has 0 saturated heterocycles. The summed E-state index contributed by atoms with van der Waals surface area (Å²) in [4.78, 5) is 24.5. The van der Waals surface area contributed by atoms with E-state index in [1.165, 1.54) is 12.8 Å². The molecule has 1 aliphatic rings. The summed E-state index contributed by atoms with van der Waals surface area (Å²) in [5, 5.41) is 8.59. The highest BCUT2D eigenvalue weighted by Gasteiger charge is 2.38. The molecule has 0 unspecified atom stereocenters. The van der Waals surface area contributed by atoms with Crippen molar-refractivity contribution in [3.8, 4) is 11.3 Å². The number of aromatic nitrogens is 3. The molecule has 8 heteroatoms. The summed E-state index contributed by atoms with van der Waals surface area (Å²) in [5.74, 6) is 0.283. The second-order valence-electron chi connectivity index (χ2n) is 9.37. The average molecular weight is 436 g/mol. The van der Waals surface area contributed by atoms with Gasteiger partial charge in [0.15, 0.2) is 0 Å². The molecule has 0 radical (unpaired) electrons. The molecule has 1 amide bonds. The third kappa shape index (κ3) is 4.59. The van der Waals surface area contributed by atoms with Gasteiger partial charge >= 0.3 is 0 Å². The van der Waals surface area contributed by atoms with Crippen LogP contribution in [0.15, 0.2) is 34.9 Å². The number of nitrogens with zero attached hydrogens (tertiary/aromatic N) is 3. The molecule has 168 valence electrons. The van der Waals surface area contributed by atoms with Crippen molar-refractivity contribution in [3.63, 3.8) is 0 Å². The van der Waals surface area contributed by atoms with Crippen molar-refractivity contribution in [3.05, 3.63) is 52.9 Å². The number of ketones is 1. The van der Waals surface area contributed by atoms with Crippen LogP contribution in [0.2, 0.25) is 0 Å². The van der Waals surface area contributed by atoms with E-state index in [1.54, 1.807) is 4.68 Å². The lowest BCUT2D eigenvalue weighted by Gasteiger charge is -2.06. The fourth-order valence-electron chi connectivity index (χ4n) is 3.90. The summed E-state index contributed by atoms with van der Waals surface area (Å²) in [6.07, 6.45) is 3.83. The van der Waals surface area contributed by atoms with Crippen molar-refractivity contribution >= 4 is 17.5 Å². The maximum atomic E-state index is 12.5. The molecular weight excluding hydrogens is 406 g/mol. The third-order valence-corrected chi connectivity index (χ3v) is 6.00.